The zero-order valence-corrected chi connectivity index (χ0v) is 11.7. The van der Waals surface area contributed by atoms with E-state index >= 15 is 0 Å². The topological polar surface area (TPSA) is 35.2 Å². The minimum atomic E-state index is 0.0790. The van der Waals surface area contributed by atoms with E-state index in [2.05, 4.69) is 30.4 Å². The van der Waals surface area contributed by atoms with Crippen molar-refractivity contribution in [2.45, 2.75) is 19.8 Å². The smallest absolute Gasteiger partial charge is 0.150 e. The number of ether oxygens (including phenoxy) is 1. The summed E-state index contributed by atoms with van der Waals surface area (Å²) in [6.07, 6.45) is 13.7. The van der Waals surface area contributed by atoms with Crippen molar-refractivity contribution in [2.24, 2.45) is 17.3 Å². The number of nitrogen functional groups attached to an aromatic ring is 1. The summed E-state index contributed by atoms with van der Waals surface area (Å²) in [5.41, 5.74) is 8.04. The maximum atomic E-state index is 6.23. The van der Waals surface area contributed by atoms with Gasteiger partial charge in [-0.05, 0) is 49.3 Å². The van der Waals surface area contributed by atoms with E-state index in [0.29, 0.717) is 11.8 Å². The summed E-state index contributed by atoms with van der Waals surface area (Å²) in [5, 5.41) is 0. The summed E-state index contributed by atoms with van der Waals surface area (Å²) >= 11 is 0. The molecule has 1 fully saturated rings. The fourth-order valence-electron chi connectivity index (χ4n) is 3.92. The monoisotopic (exact) mass is 265 g/mol. The molecule has 102 valence electrons. The summed E-state index contributed by atoms with van der Waals surface area (Å²) in [7, 11) is 0. The number of rotatable bonds is 2. The Hall–Kier alpha value is -1.96. The summed E-state index contributed by atoms with van der Waals surface area (Å²) < 4.78 is 6.23. The molecule has 0 saturated heterocycles. The Labute approximate surface area is 119 Å². The van der Waals surface area contributed by atoms with Gasteiger partial charge in [0, 0.05) is 0 Å². The van der Waals surface area contributed by atoms with Gasteiger partial charge in [0.05, 0.1) is 11.1 Å². The summed E-state index contributed by atoms with van der Waals surface area (Å²) in [6.45, 7) is 2.02. The highest BCUT2D eigenvalue weighted by atomic mass is 16.5. The van der Waals surface area contributed by atoms with Crippen LogP contribution in [0.15, 0.2) is 54.3 Å². The Kier molecular flexibility index (Phi) is 2.38. The molecule has 3 unspecified atom stereocenters. The van der Waals surface area contributed by atoms with Crippen LogP contribution >= 0.6 is 0 Å². The number of anilines is 1. The molecule has 3 aliphatic carbocycles. The third kappa shape index (κ3) is 1.51. The molecule has 2 heteroatoms. The minimum absolute atomic E-state index is 0.0790. The number of hydrogen-bond acceptors (Lipinski definition) is 2. The van der Waals surface area contributed by atoms with E-state index in [-0.39, 0.29) is 5.41 Å². The lowest BCUT2D eigenvalue weighted by Gasteiger charge is -2.34. The molecule has 0 amide bonds. The molecule has 1 aromatic rings. The number of hydrogen-bond donors (Lipinski definition) is 1. The third-order valence-electron chi connectivity index (χ3n) is 5.02. The zero-order chi connectivity index (χ0) is 13.7. The van der Waals surface area contributed by atoms with Crippen LogP contribution in [-0.2, 0) is 0 Å². The second kappa shape index (κ2) is 4.02. The van der Waals surface area contributed by atoms with Crippen LogP contribution in [0.4, 0.5) is 5.69 Å². The summed E-state index contributed by atoms with van der Waals surface area (Å²) in [6, 6.07) is 5.98. The molecule has 2 N–H and O–H groups in total. The van der Waals surface area contributed by atoms with Gasteiger partial charge in [0.25, 0.3) is 0 Å². The van der Waals surface area contributed by atoms with Crippen LogP contribution in [0.1, 0.15) is 18.4 Å². The fourth-order valence-corrected chi connectivity index (χ4v) is 3.92. The van der Waals surface area contributed by atoms with Gasteiger partial charge in [-0.2, -0.15) is 0 Å². The van der Waals surface area contributed by atoms with Crippen LogP contribution in [0.2, 0.25) is 0 Å². The van der Waals surface area contributed by atoms with Gasteiger partial charge in [-0.1, -0.05) is 36.4 Å². The maximum absolute atomic E-state index is 6.23. The van der Waals surface area contributed by atoms with Crippen molar-refractivity contribution in [3.05, 3.63) is 59.9 Å². The van der Waals surface area contributed by atoms with Gasteiger partial charge in [-0.3, -0.25) is 0 Å². The van der Waals surface area contributed by atoms with E-state index in [9.17, 15) is 0 Å². The van der Waals surface area contributed by atoms with E-state index < -0.39 is 0 Å². The van der Waals surface area contributed by atoms with Crippen molar-refractivity contribution in [1.82, 2.24) is 0 Å². The van der Waals surface area contributed by atoms with Crippen LogP contribution in [0, 0.1) is 24.2 Å². The van der Waals surface area contributed by atoms with Crippen LogP contribution in [0.5, 0.6) is 5.75 Å². The van der Waals surface area contributed by atoms with Crippen molar-refractivity contribution in [2.75, 3.05) is 5.73 Å². The Bertz CT molecular complexity index is 655. The Morgan fingerprint density at radius 1 is 1.30 bits per heavy atom. The zero-order valence-electron chi connectivity index (χ0n) is 11.7. The van der Waals surface area contributed by atoms with Crippen LogP contribution in [0.25, 0.3) is 0 Å². The molecule has 0 aliphatic heterocycles. The SMILES string of the molecule is Cc1cccc(OC2=CC3CC4C=CC=CC24C3)c1N. The molecular formula is C18H19NO. The average molecular weight is 265 g/mol. The first-order valence-electron chi connectivity index (χ1n) is 7.30. The number of aryl methyl sites for hydroxylation is 1. The number of benzene rings is 1. The van der Waals surface area contributed by atoms with Crippen molar-refractivity contribution >= 4 is 5.69 Å². The predicted octanol–water partition coefficient (Wildman–Crippen LogP) is 3.99. The standard InChI is InChI=1S/C18H19NO/c1-12-5-4-7-15(17(12)19)20-16-10-13-9-14-6-2-3-8-18(14,16)11-13/h2-8,10,13-14H,9,11,19H2,1H3. The highest BCUT2D eigenvalue weighted by Crippen LogP contribution is 2.60. The van der Waals surface area contributed by atoms with Crippen molar-refractivity contribution < 1.29 is 4.74 Å². The van der Waals surface area contributed by atoms with E-state index in [4.69, 9.17) is 10.5 Å². The Morgan fingerprint density at radius 2 is 2.20 bits per heavy atom. The Morgan fingerprint density at radius 3 is 3.10 bits per heavy atom. The number of allylic oxidation sites excluding steroid dienone is 5. The van der Waals surface area contributed by atoms with E-state index in [0.717, 1.165) is 22.8 Å². The molecule has 3 atom stereocenters. The summed E-state index contributed by atoms with van der Waals surface area (Å²) in [5.74, 6) is 3.12. The molecule has 4 rings (SSSR count). The van der Waals surface area contributed by atoms with Gasteiger partial charge in [0.1, 0.15) is 11.5 Å². The first-order chi connectivity index (χ1) is 9.69. The molecule has 1 aromatic carbocycles. The number of para-hydroxylation sites is 1. The summed E-state index contributed by atoms with van der Waals surface area (Å²) in [4.78, 5) is 0. The van der Waals surface area contributed by atoms with Crippen molar-refractivity contribution in [1.29, 1.82) is 0 Å². The fraction of sp³-hybridized carbons (Fsp3) is 0.333. The maximum Gasteiger partial charge on any atom is 0.150 e. The number of fused-ring (bicyclic) bond motifs is 1. The first kappa shape index (κ1) is 11.8. The van der Waals surface area contributed by atoms with Gasteiger partial charge in [-0.15, -0.1) is 0 Å². The molecule has 0 heterocycles. The largest absolute Gasteiger partial charge is 0.459 e. The van der Waals surface area contributed by atoms with Crippen molar-refractivity contribution in [3.8, 4) is 5.75 Å². The van der Waals surface area contributed by atoms with Crippen LogP contribution < -0.4 is 10.5 Å². The van der Waals surface area contributed by atoms with Gasteiger partial charge in [0.2, 0.25) is 0 Å². The lowest BCUT2D eigenvalue weighted by Crippen LogP contribution is -2.28. The molecule has 3 aliphatic rings. The van der Waals surface area contributed by atoms with Gasteiger partial charge in [-0.25, -0.2) is 0 Å². The van der Waals surface area contributed by atoms with Crippen molar-refractivity contribution in [3.63, 3.8) is 0 Å². The quantitative estimate of drug-likeness (QED) is 0.820. The van der Waals surface area contributed by atoms with E-state index in [1.807, 2.05) is 25.1 Å². The molecule has 2 nitrogen and oxygen atoms in total. The highest BCUT2D eigenvalue weighted by molar-refractivity contribution is 5.58. The predicted molar refractivity (Wildman–Crippen MR) is 81.2 cm³/mol. The molecule has 20 heavy (non-hydrogen) atoms. The third-order valence-corrected chi connectivity index (χ3v) is 5.02. The molecule has 1 saturated carbocycles. The highest BCUT2D eigenvalue weighted by Gasteiger charge is 2.53. The molecule has 2 bridgehead atoms. The lowest BCUT2D eigenvalue weighted by molar-refractivity contribution is 0.258. The molecular weight excluding hydrogens is 246 g/mol. The first-order valence-corrected chi connectivity index (χ1v) is 7.30. The number of nitrogens with two attached hydrogens (primary N) is 1. The Balaban J connectivity index is 1.70. The second-order valence-electron chi connectivity index (χ2n) is 6.21. The van der Waals surface area contributed by atoms with Gasteiger partial charge < -0.3 is 10.5 Å². The second-order valence-corrected chi connectivity index (χ2v) is 6.21. The normalized spacial score (nSPS) is 33.1. The lowest BCUT2D eigenvalue weighted by atomic mass is 9.74. The van der Waals surface area contributed by atoms with E-state index in [1.165, 1.54) is 12.8 Å². The average Bonchev–Trinajstić information content (AvgIpc) is 2.97. The molecule has 0 aromatic heterocycles. The van der Waals surface area contributed by atoms with E-state index in [1.54, 1.807) is 0 Å². The van der Waals surface area contributed by atoms with Gasteiger partial charge in [0.15, 0.2) is 0 Å². The molecule has 0 radical (unpaired) electrons. The molecule has 1 spiro atoms. The van der Waals surface area contributed by atoms with Crippen LogP contribution in [0.3, 0.4) is 0 Å². The minimum Gasteiger partial charge on any atom is -0.459 e. The van der Waals surface area contributed by atoms with Crippen LogP contribution in [-0.4, -0.2) is 0 Å². The van der Waals surface area contributed by atoms with Gasteiger partial charge >= 0.3 is 0 Å².